The number of para-hydroxylation sites is 1. The van der Waals surface area contributed by atoms with E-state index in [1.165, 1.54) is 116 Å². The van der Waals surface area contributed by atoms with Crippen molar-refractivity contribution in [2.75, 3.05) is 4.90 Å². The summed E-state index contributed by atoms with van der Waals surface area (Å²) in [7, 11) is 0. The number of hydrogen-bond acceptors (Lipinski definition) is 1. The Labute approximate surface area is 408 Å². The van der Waals surface area contributed by atoms with Crippen LogP contribution in [0.5, 0.6) is 0 Å². The second kappa shape index (κ2) is 14.4. The summed E-state index contributed by atoms with van der Waals surface area (Å²) >= 11 is 0. The second-order valence-corrected chi connectivity index (χ2v) is 20.0. The highest BCUT2D eigenvalue weighted by molar-refractivity contribution is 6.18. The first-order chi connectivity index (χ1) is 34.5. The highest BCUT2D eigenvalue weighted by Crippen LogP contribution is 2.63. The van der Waals surface area contributed by atoms with Crippen molar-refractivity contribution < 1.29 is 0 Å². The lowest BCUT2D eigenvalue weighted by Crippen LogP contribution is -2.26. The number of anilines is 3. The molecular formula is C68H46N2. The normalized spacial score (nSPS) is 14.1. The van der Waals surface area contributed by atoms with E-state index in [1.54, 1.807) is 0 Å². The van der Waals surface area contributed by atoms with Crippen LogP contribution in [0, 0.1) is 0 Å². The largest absolute Gasteiger partial charge is 0.310 e. The second-order valence-electron chi connectivity index (χ2n) is 20.0. The van der Waals surface area contributed by atoms with Crippen molar-refractivity contribution in [2.45, 2.75) is 24.7 Å². The molecule has 0 amide bonds. The minimum atomic E-state index is -0.445. The monoisotopic (exact) mass is 890 g/mol. The Balaban J connectivity index is 0.912. The summed E-state index contributed by atoms with van der Waals surface area (Å²) in [6, 6.07) is 91.0. The van der Waals surface area contributed by atoms with Crippen LogP contribution in [0.3, 0.4) is 0 Å². The van der Waals surface area contributed by atoms with Crippen molar-refractivity contribution >= 4 is 49.6 Å². The van der Waals surface area contributed by atoms with Crippen molar-refractivity contribution in [3.63, 3.8) is 0 Å². The van der Waals surface area contributed by atoms with Crippen LogP contribution in [0.1, 0.15) is 47.2 Å². The molecule has 3 aliphatic carbocycles. The number of aromatic nitrogens is 1. The summed E-state index contributed by atoms with van der Waals surface area (Å²) in [6.07, 6.45) is 0. The third-order valence-corrected chi connectivity index (χ3v) is 16.2. The van der Waals surface area contributed by atoms with Crippen molar-refractivity contribution in [1.29, 1.82) is 0 Å². The molecule has 0 N–H and O–H groups in total. The maximum Gasteiger partial charge on any atom is 0.0726 e. The van der Waals surface area contributed by atoms with Crippen LogP contribution >= 0.6 is 0 Å². The average molecular weight is 891 g/mol. The molecule has 0 saturated heterocycles. The van der Waals surface area contributed by atoms with Crippen molar-refractivity contribution in [3.05, 3.63) is 276 Å². The van der Waals surface area contributed by atoms with Crippen LogP contribution in [-0.2, 0) is 10.8 Å². The molecule has 11 aromatic carbocycles. The lowest BCUT2D eigenvalue weighted by atomic mass is 9.70. The summed E-state index contributed by atoms with van der Waals surface area (Å²) in [4.78, 5) is 2.49. The molecule has 15 rings (SSSR count). The van der Waals surface area contributed by atoms with Gasteiger partial charge in [0.1, 0.15) is 0 Å². The van der Waals surface area contributed by atoms with E-state index in [9.17, 15) is 0 Å². The van der Waals surface area contributed by atoms with Crippen molar-refractivity contribution in [1.82, 2.24) is 4.57 Å². The maximum absolute atomic E-state index is 2.51. The molecule has 1 spiro atoms. The summed E-state index contributed by atoms with van der Waals surface area (Å²) in [6.45, 7) is 4.83. The van der Waals surface area contributed by atoms with Gasteiger partial charge in [0.25, 0.3) is 0 Å². The fourth-order valence-electron chi connectivity index (χ4n) is 13.1. The minimum absolute atomic E-state index is 0.277. The van der Waals surface area contributed by atoms with Crippen LogP contribution in [0.15, 0.2) is 243 Å². The van der Waals surface area contributed by atoms with E-state index in [0.29, 0.717) is 0 Å². The van der Waals surface area contributed by atoms with E-state index in [2.05, 4.69) is 266 Å². The molecular weight excluding hydrogens is 845 g/mol. The molecule has 0 fully saturated rings. The Morgan fingerprint density at radius 3 is 1.49 bits per heavy atom. The van der Waals surface area contributed by atoms with Crippen LogP contribution in [0.2, 0.25) is 0 Å². The number of benzene rings is 11. The highest BCUT2D eigenvalue weighted by atomic mass is 15.1. The topological polar surface area (TPSA) is 8.17 Å². The van der Waals surface area contributed by atoms with Gasteiger partial charge in [0.15, 0.2) is 0 Å². The first kappa shape index (κ1) is 39.3. The Bertz CT molecular complexity index is 4090. The molecule has 0 bridgehead atoms. The predicted octanol–water partition coefficient (Wildman–Crippen LogP) is 17.7. The Kier molecular flexibility index (Phi) is 8.08. The van der Waals surface area contributed by atoms with Crippen molar-refractivity contribution in [2.24, 2.45) is 0 Å². The van der Waals surface area contributed by atoms with Gasteiger partial charge in [-0.25, -0.2) is 0 Å². The Morgan fingerprint density at radius 1 is 0.329 bits per heavy atom. The smallest absolute Gasteiger partial charge is 0.0726 e. The molecule has 1 heterocycles. The third-order valence-electron chi connectivity index (χ3n) is 16.2. The molecule has 0 saturated carbocycles. The van der Waals surface area contributed by atoms with Gasteiger partial charge < -0.3 is 9.47 Å². The quantitative estimate of drug-likeness (QED) is 0.167. The Hall–Kier alpha value is -8.72. The fourth-order valence-corrected chi connectivity index (χ4v) is 13.1. The van der Waals surface area contributed by atoms with E-state index in [-0.39, 0.29) is 5.41 Å². The van der Waals surface area contributed by atoms with Crippen LogP contribution in [0.25, 0.3) is 82.8 Å². The summed E-state index contributed by atoms with van der Waals surface area (Å²) in [5.41, 5.74) is 24.6. The van der Waals surface area contributed by atoms with Gasteiger partial charge in [0.2, 0.25) is 0 Å². The molecule has 0 atom stereocenters. The molecule has 70 heavy (non-hydrogen) atoms. The molecule has 12 aromatic rings. The molecule has 0 aliphatic heterocycles. The average Bonchev–Trinajstić information content (AvgIpc) is 4.10. The molecule has 1 aromatic heterocycles. The third kappa shape index (κ3) is 5.23. The van der Waals surface area contributed by atoms with E-state index in [4.69, 9.17) is 0 Å². The van der Waals surface area contributed by atoms with Gasteiger partial charge in [0.05, 0.1) is 16.4 Å². The van der Waals surface area contributed by atoms with Crippen LogP contribution < -0.4 is 4.90 Å². The number of hydrogen-bond donors (Lipinski definition) is 0. The first-order valence-electron chi connectivity index (χ1n) is 24.6. The summed E-state index contributed by atoms with van der Waals surface area (Å²) in [5, 5.41) is 5.07. The molecule has 328 valence electrons. The van der Waals surface area contributed by atoms with Crippen molar-refractivity contribution in [3.8, 4) is 50.2 Å². The molecule has 3 aliphatic rings. The Morgan fingerprint density at radius 2 is 0.814 bits per heavy atom. The van der Waals surface area contributed by atoms with Crippen LogP contribution in [-0.4, -0.2) is 4.57 Å². The van der Waals surface area contributed by atoms with Gasteiger partial charge in [0, 0.05) is 44.3 Å². The predicted molar refractivity (Wildman–Crippen MR) is 292 cm³/mol. The lowest BCUT2D eigenvalue weighted by molar-refractivity contribution is 0.660. The molecule has 0 unspecified atom stereocenters. The van der Waals surface area contributed by atoms with E-state index >= 15 is 0 Å². The maximum atomic E-state index is 2.51. The molecule has 0 radical (unpaired) electrons. The van der Waals surface area contributed by atoms with Gasteiger partial charge in [-0.05, 0) is 138 Å². The fraction of sp³-hybridized carbons (Fsp3) is 0.0588. The SMILES string of the molecule is CC1(C)c2cc(N(c3ccc(-c4ccccc4)cc3)c3ccc4c(c3)C3(c5ccccc5-c5ccccc53)c3ccccc3-4)ccc2-c2ccc(-n3c4ccccc4c4ccc5ccccc5c43)cc21. The zero-order valence-corrected chi connectivity index (χ0v) is 39.0. The molecule has 2 nitrogen and oxygen atoms in total. The summed E-state index contributed by atoms with van der Waals surface area (Å²) in [5.74, 6) is 0. The number of rotatable bonds is 5. The van der Waals surface area contributed by atoms with E-state index in [0.717, 1.165) is 17.1 Å². The summed E-state index contributed by atoms with van der Waals surface area (Å²) < 4.78 is 2.50. The first-order valence-corrected chi connectivity index (χ1v) is 24.6. The zero-order chi connectivity index (χ0) is 46.3. The van der Waals surface area contributed by atoms with Crippen LogP contribution in [0.4, 0.5) is 17.1 Å². The zero-order valence-electron chi connectivity index (χ0n) is 39.0. The lowest BCUT2D eigenvalue weighted by Gasteiger charge is -2.32. The van der Waals surface area contributed by atoms with Gasteiger partial charge in [-0.3, -0.25) is 0 Å². The van der Waals surface area contributed by atoms with Gasteiger partial charge in [-0.1, -0.05) is 202 Å². The minimum Gasteiger partial charge on any atom is -0.310 e. The van der Waals surface area contributed by atoms with Gasteiger partial charge in [-0.2, -0.15) is 0 Å². The van der Waals surface area contributed by atoms with Gasteiger partial charge >= 0.3 is 0 Å². The number of nitrogens with zero attached hydrogens (tertiary/aromatic N) is 2. The highest BCUT2D eigenvalue weighted by Gasteiger charge is 2.51. The van der Waals surface area contributed by atoms with E-state index in [1.807, 2.05) is 0 Å². The van der Waals surface area contributed by atoms with E-state index < -0.39 is 5.41 Å². The number of fused-ring (bicyclic) bond motifs is 18. The van der Waals surface area contributed by atoms with Gasteiger partial charge in [-0.15, -0.1) is 0 Å². The standard InChI is InChI=1S/C68H46N2/c1-67(2)62-40-47(33-37-54(62)55-38-35-49(41-63(55)67)70-65-27-15-11-23-57(65)58-36-30-45-18-6-7-19-50(45)66(58)70)69(46-31-28-44(29-32-46)43-16-4-3-5-17-43)48-34-39-56-53-22-10-14-26-61(53)68(64(56)42-48)59-24-12-8-20-51(59)52-21-9-13-25-60(52)68/h3-42H,1-2H3. The molecule has 2 heteroatoms.